The zero-order valence-electron chi connectivity index (χ0n) is 28.1. The SMILES string of the molecule is C=C(C)C(=O)OCCCCCCOc1ccc2cc(C(=O)Oc3ccc(C(=O)Oc4ccc(/C=C/C(=O)OCCC)cc4O)cc3)ccc2c1. The van der Waals surface area contributed by atoms with E-state index in [-0.39, 0.29) is 28.8 Å². The molecule has 0 aliphatic heterocycles. The monoisotopic (exact) mass is 680 g/mol. The van der Waals surface area contributed by atoms with Crippen LogP contribution in [0.25, 0.3) is 16.8 Å². The summed E-state index contributed by atoms with van der Waals surface area (Å²) in [6.07, 6.45) is 6.99. The van der Waals surface area contributed by atoms with Gasteiger partial charge < -0.3 is 28.8 Å². The molecule has 10 nitrogen and oxygen atoms in total. The standard InChI is InChI=1S/C40H40O10/c1-4-21-47-37(42)20-10-28-9-19-36(35(41)24-28)50-39(44)29-13-16-33(17-14-29)49-40(45)32-12-11-31-26-34(18-15-30(31)25-32)46-22-7-5-6-8-23-48-38(43)27(2)3/h9-20,24-26,41H,2,4-8,21-23H2,1,3H3/b20-10+. The lowest BCUT2D eigenvalue weighted by Crippen LogP contribution is -2.10. The number of carbonyl (C=O) groups is 4. The van der Waals surface area contributed by atoms with Gasteiger partial charge in [-0.05, 0) is 122 Å². The van der Waals surface area contributed by atoms with Crippen molar-refractivity contribution in [3.8, 4) is 23.0 Å². The van der Waals surface area contributed by atoms with E-state index in [9.17, 15) is 24.3 Å². The maximum absolute atomic E-state index is 12.9. The van der Waals surface area contributed by atoms with E-state index in [1.807, 2.05) is 31.2 Å². The number of phenols is 1. The number of unbranched alkanes of at least 4 members (excludes halogenated alkanes) is 3. The molecule has 0 unspecified atom stereocenters. The highest BCUT2D eigenvalue weighted by atomic mass is 16.5. The molecule has 0 aromatic heterocycles. The maximum Gasteiger partial charge on any atom is 0.343 e. The fraction of sp³-hybridized carbons (Fsp3) is 0.250. The van der Waals surface area contributed by atoms with E-state index < -0.39 is 17.9 Å². The van der Waals surface area contributed by atoms with E-state index in [4.69, 9.17) is 23.7 Å². The van der Waals surface area contributed by atoms with Crippen molar-refractivity contribution in [1.82, 2.24) is 0 Å². The number of phenolic OH excluding ortho intramolecular Hbond substituents is 1. The van der Waals surface area contributed by atoms with Crippen LogP contribution in [-0.2, 0) is 19.1 Å². The predicted molar refractivity (Wildman–Crippen MR) is 188 cm³/mol. The van der Waals surface area contributed by atoms with Crippen LogP contribution in [0, 0.1) is 0 Å². The second-order valence-corrected chi connectivity index (χ2v) is 11.4. The third kappa shape index (κ3) is 11.4. The smallest absolute Gasteiger partial charge is 0.343 e. The van der Waals surface area contributed by atoms with E-state index in [0.717, 1.165) is 42.2 Å². The Morgan fingerprint density at radius 2 is 1.36 bits per heavy atom. The summed E-state index contributed by atoms with van der Waals surface area (Å²) < 4.78 is 26.8. The minimum atomic E-state index is -0.721. The lowest BCUT2D eigenvalue weighted by Gasteiger charge is -2.09. The van der Waals surface area contributed by atoms with Gasteiger partial charge in [0.25, 0.3) is 0 Å². The van der Waals surface area contributed by atoms with Crippen LogP contribution in [0.1, 0.15) is 72.2 Å². The number of ether oxygens (including phenoxy) is 5. The maximum atomic E-state index is 12.9. The van der Waals surface area contributed by atoms with E-state index in [0.29, 0.717) is 42.9 Å². The zero-order valence-corrected chi connectivity index (χ0v) is 28.1. The van der Waals surface area contributed by atoms with E-state index in [1.165, 1.54) is 48.6 Å². The summed E-state index contributed by atoms with van der Waals surface area (Å²) in [4.78, 5) is 48.6. The zero-order chi connectivity index (χ0) is 35.9. The minimum Gasteiger partial charge on any atom is -0.504 e. The first kappa shape index (κ1) is 36.9. The Bertz CT molecular complexity index is 1860. The number of fused-ring (bicyclic) bond motifs is 1. The molecule has 0 fully saturated rings. The van der Waals surface area contributed by atoms with Crippen LogP contribution in [-0.4, -0.2) is 48.8 Å². The third-order valence-electron chi connectivity index (χ3n) is 7.28. The average Bonchev–Trinajstić information content (AvgIpc) is 3.11. The molecule has 0 radical (unpaired) electrons. The molecule has 4 aromatic carbocycles. The highest BCUT2D eigenvalue weighted by Gasteiger charge is 2.14. The predicted octanol–water partition coefficient (Wildman–Crippen LogP) is 8.01. The Kier molecular flexibility index (Phi) is 13.7. The summed E-state index contributed by atoms with van der Waals surface area (Å²) in [5.41, 5.74) is 1.45. The highest BCUT2D eigenvalue weighted by Crippen LogP contribution is 2.29. The fourth-order valence-corrected chi connectivity index (χ4v) is 4.60. The third-order valence-corrected chi connectivity index (χ3v) is 7.28. The molecular formula is C40H40O10. The van der Waals surface area contributed by atoms with Crippen LogP contribution in [0.5, 0.6) is 23.0 Å². The van der Waals surface area contributed by atoms with Gasteiger partial charge in [-0.3, -0.25) is 0 Å². The van der Waals surface area contributed by atoms with Crippen LogP contribution in [0.4, 0.5) is 0 Å². The van der Waals surface area contributed by atoms with Crippen molar-refractivity contribution in [1.29, 1.82) is 0 Å². The molecule has 0 aliphatic carbocycles. The first-order valence-electron chi connectivity index (χ1n) is 16.3. The van der Waals surface area contributed by atoms with Gasteiger partial charge in [0.05, 0.1) is 30.9 Å². The van der Waals surface area contributed by atoms with Crippen molar-refractivity contribution in [2.45, 2.75) is 46.0 Å². The van der Waals surface area contributed by atoms with Crippen molar-refractivity contribution in [3.05, 3.63) is 114 Å². The number of aromatic hydroxyl groups is 1. The topological polar surface area (TPSA) is 135 Å². The normalized spacial score (nSPS) is 10.8. The largest absolute Gasteiger partial charge is 0.504 e. The molecule has 4 aromatic rings. The van der Waals surface area contributed by atoms with E-state index >= 15 is 0 Å². The van der Waals surface area contributed by atoms with Crippen molar-refractivity contribution < 1.29 is 48.0 Å². The molecule has 0 atom stereocenters. The van der Waals surface area contributed by atoms with Gasteiger partial charge >= 0.3 is 23.9 Å². The van der Waals surface area contributed by atoms with Crippen molar-refractivity contribution in [3.63, 3.8) is 0 Å². The Balaban J connectivity index is 1.24. The van der Waals surface area contributed by atoms with Gasteiger partial charge in [0.15, 0.2) is 11.5 Å². The Hall–Kier alpha value is -5.90. The minimum absolute atomic E-state index is 0.0568. The number of hydrogen-bond donors (Lipinski definition) is 1. The summed E-state index contributed by atoms with van der Waals surface area (Å²) in [5, 5.41) is 12.1. The van der Waals surface area contributed by atoms with Crippen molar-refractivity contribution >= 4 is 40.7 Å². The number of hydrogen-bond acceptors (Lipinski definition) is 10. The lowest BCUT2D eigenvalue weighted by atomic mass is 10.1. The second-order valence-electron chi connectivity index (χ2n) is 11.4. The van der Waals surface area contributed by atoms with Gasteiger partial charge in [0.1, 0.15) is 11.5 Å². The molecule has 260 valence electrons. The molecule has 0 spiro atoms. The fourth-order valence-electron chi connectivity index (χ4n) is 4.60. The second kappa shape index (κ2) is 18.6. The average molecular weight is 681 g/mol. The van der Waals surface area contributed by atoms with Gasteiger partial charge in [0.2, 0.25) is 0 Å². The molecule has 0 saturated heterocycles. The van der Waals surface area contributed by atoms with Crippen LogP contribution < -0.4 is 14.2 Å². The summed E-state index contributed by atoms with van der Waals surface area (Å²) >= 11 is 0. The summed E-state index contributed by atoms with van der Waals surface area (Å²) in [5.74, 6) is -1.51. The Labute approximate surface area is 290 Å². The molecule has 0 amide bonds. The quantitative estimate of drug-likeness (QED) is 0.0506. The van der Waals surface area contributed by atoms with Gasteiger partial charge in [-0.2, -0.15) is 0 Å². The van der Waals surface area contributed by atoms with Gasteiger partial charge in [-0.25, -0.2) is 19.2 Å². The van der Waals surface area contributed by atoms with Crippen molar-refractivity contribution in [2.75, 3.05) is 19.8 Å². The number of esters is 4. The van der Waals surface area contributed by atoms with E-state index in [1.54, 1.807) is 25.1 Å². The Morgan fingerprint density at radius 1 is 0.700 bits per heavy atom. The molecule has 4 rings (SSSR count). The van der Waals surface area contributed by atoms with Crippen LogP contribution in [0.2, 0.25) is 0 Å². The summed E-state index contributed by atoms with van der Waals surface area (Å²) in [7, 11) is 0. The summed E-state index contributed by atoms with van der Waals surface area (Å²) in [6, 6.07) is 21.1. The van der Waals surface area contributed by atoms with Crippen LogP contribution in [0.3, 0.4) is 0 Å². The number of rotatable bonds is 17. The first-order chi connectivity index (χ1) is 24.1. The molecule has 0 heterocycles. The molecule has 0 saturated carbocycles. The number of benzene rings is 4. The van der Waals surface area contributed by atoms with Crippen LogP contribution in [0.15, 0.2) is 97.1 Å². The summed E-state index contributed by atoms with van der Waals surface area (Å²) in [6.45, 7) is 8.35. The Morgan fingerprint density at radius 3 is 2.08 bits per heavy atom. The first-order valence-corrected chi connectivity index (χ1v) is 16.3. The number of carbonyl (C=O) groups excluding carboxylic acids is 4. The molecule has 1 N–H and O–H groups in total. The van der Waals surface area contributed by atoms with Crippen molar-refractivity contribution in [2.24, 2.45) is 0 Å². The molecule has 50 heavy (non-hydrogen) atoms. The molecular weight excluding hydrogens is 640 g/mol. The molecule has 0 bridgehead atoms. The lowest BCUT2D eigenvalue weighted by molar-refractivity contribution is -0.139. The molecule has 10 heteroatoms. The molecule has 0 aliphatic rings. The van der Waals surface area contributed by atoms with Gasteiger partial charge in [-0.1, -0.05) is 31.7 Å². The van der Waals surface area contributed by atoms with Gasteiger partial charge in [0, 0.05) is 11.6 Å². The van der Waals surface area contributed by atoms with Gasteiger partial charge in [-0.15, -0.1) is 0 Å². The highest BCUT2D eigenvalue weighted by molar-refractivity contribution is 5.97. The van der Waals surface area contributed by atoms with Crippen LogP contribution >= 0.6 is 0 Å². The van der Waals surface area contributed by atoms with E-state index in [2.05, 4.69) is 6.58 Å².